The van der Waals surface area contributed by atoms with Crippen LogP contribution in [0.15, 0.2) is 4.52 Å². The summed E-state index contributed by atoms with van der Waals surface area (Å²) in [6.07, 6.45) is 0. The van der Waals surface area contributed by atoms with Crippen molar-refractivity contribution in [1.82, 2.24) is 5.16 Å². The van der Waals surface area contributed by atoms with Gasteiger partial charge in [-0.3, -0.25) is 0 Å². The lowest BCUT2D eigenvalue weighted by molar-refractivity contribution is 0.0686. The predicted molar refractivity (Wildman–Crippen MR) is 42.5 cm³/mol. The monoisotopic (exact) mass is 170 g/mol. The van der Waals surface area contributed by atoms with Gasteiger partial charge in [0.25, 0.3) is 0 Å². The van der Waals surface area contributed by atoms with E-state index in [0.29, 0.717) is 11.4 Å². The molecule has 12 heavy (non-hydrogen) atoms. The number of carboxylic acids is 1. The smallest absolute Gasteiger partial charge is 0.360 e. The van der Waals surface area contributed by atoms with Crippen LogP contribution < -0.4 is 4.90 Å². The Morgan fingerprint density at radius 1 is 1.58 bits per heavy atom. The van der Waals surface area contributed by atoms with E-state index in [4.69, 9.17) is 9.63 Å². The van der Waals surface area contributed by atoms with Crippen LogP contribution in [0.4, 0.5) is 5.69 Å². The molecular weight excluding hydrogens is 160 g/mol. The first-order valence-electron chi connectivity index (χ1n) is 3.41. The average molecular weight is 170 g/mol. The van der Waals surface area contributed by atoms with Crippen molar-refractivity contribution in [3.8, 4) is 0 Å². The lowest BCUT2D eigenvalue weighted by Gasteiger charge is -2.09. The fourth-order valence-electron chi connectivity index (χ4n) is 1.03. The average Bonchev–Trinajstić information content (AvgIpc) is 2.30. The highest BCUT2D eigenvalue weighted by atomic mass is 16.5. The van der Waals surface area contributed by atoms with Crippen LogP contribution in [-0.4, -0.2) is 30.3 Å². The number of aryl methyl sites for hydroxylation is 1. The second-order valence-corrected chi connectivity index (χ2v) is 2.64. The minimum atomic E-state index is -1.07. The van der Waals surface area contributed by atoms with Crippen LogP contribution in [0.3, 0.4) is 0 Å². The first kappa shape index (κ1) is 8.58. The molecule has 0 radical (unpaired) electrons. The molecule has 0 aliphatic heterocycles. The van der Waals surface area contributed by atoms with E-state index in [0.717, 1.165) is 0 Å². The molecule has 0 spiro atoms. The molecule has 0 unspecified atom stereocenters. The fourth-order valence-corrected chi connectivity index (χ4v) is 1.03. The Balaban J connectivity index is 3.21. The summed E-state index contributed by atoms with van der Waals surface area (Å²) in [5.74, 6) is -0.562. The molecule has 5 nitrogen and oxygen atoms in total. The Bertz CT molecular complexity index is 304. The quantitative estimate of drug-likeness (QED) is 0.709. The van der Waals surface area contributed by atoms with Crippen molar-refractivity contribution in [2.45, 2.75) is 6.92 Å². The summed E-state index contributed by atoms with van der Waals surface area (Å²) >= 11 is 0. The third-order valence-corrected chi connectivity index (χ3v) is 1.48. The standard InChI is InChI=1S/C7H10N2O3/c1-4-6(9(2)3)5(7(10)11)8-12-4/h1-3H3,(H,10,11). The summed E-state index contributed by atoms with van der Waals surface area (Å²) in [7, 11) is 3.48. The Hall–Kier alpha value is -1.52. The summed E-state index contributed by atoms with van der Waals surface area (Å²) < 4.78 is 4.75. The molecule has 5 heteroatoms. The zero-order chi connectivity index (χ0) is 9.30. The van der Waals surface area contributed by atoms with E-state index in [-0.39, 0.29) is 5.69 Å². The van der Waals surface area contributed by atoms with Gasteiger partial charge in [0.2, 0.25) is 5.69 Å². The number of aromatic nitrogens is 1. The van der Waals surface area contributed by atoms with Crippen LogP contribution in [0.25, 0.3) is 0 Å². The maximum absolute atomic E-state index is 10.6. The molecule has 0 aliphatic rings. The van der Waals surface area contributed by atoms with E-state index < -0.39 is 5.97 Å². The van der Waals surface area contributed by atoms with Crippen LogP contribution in [-0.2, 0) is 0 Å². The molecule has 66 valence electrons. The SMILES string of the molecule is Cc1onc(C(=O)O)c1N(C)C. The normalized spacial score (nSPS) is 9.92. The maximum atomic E-state index is 10.6. The van der Waals surface area contributed by atoms with Gasteiger partial charge in [-0.25, -0.2) is 4.79 Å². The van der Waals surface area contributed by atoms with Crippen molar-refractivity contribution in [2.75, 3.05) is 19.0 Å². The van der Waals surface area contributed by atoms with E-state index in [1.165, 1.54) is 0 Å². The number of aromatic carboxylic acids is 1. The van der Waals surface area contributed by atoms with Gasteiger partial charge in [-0.1, -0.05) is 5.16 Å². The molecule has 0 saturated heterocycles. The zero-order valence-corrected chi connectivity index (χ0v) is 7.16. The van der Waals surface area contributed by atoms with Crippen molar-refractivity contribution in [3.63, 3.8) is 0 Å². The van der Waals surface area contributed by atoms with Crippen LogP contribution in [0, 0.1) is 6.92 Å². The molecule has 1 N–H and O–H groups in total. The van der Waals surface area contributed by atoms with Gasteiger partial charge in [-0.05, 0) is 6.92 Å². The minimum absolute atomic E-state index is 0.0440. The van der Waals surface area contributed by atoms with Crippen LogP contribution in [0.5, 0.6) is 0 Å². The van der Waals surface area contributed by atoms with E-state index >= 15 is 0 Å². The predicted octanol–water partition coefficient (Wildman–Crippen LogP) is 0.747. The van der Waals surface area contributed by atoms with Gasteiger partial charge in [-0.2, -0.15) is 0 Å². The van der Waals surface area contributed by atoms with Crippen molar-refractivity contribution in [3.05, 3.63) is 11.5 Å². The molecule has 0 atom stereocenters. The van der Waals surface area contributed by atoms with Crippen molar-refractivity contribution in [1.29, 1.82) is 0 Å². The molecule has 0 bridgehead atoms. The van der Waals surface area contributed by atoms with Crippen molar-refractivity contribution in [2.24, 2.45) is 0 Å². The van der Waals surface area contributed by atoms with E-state index in [2.05, 4.69) is 5.16 Å². The number of hydrogen-bond acceptors (Lipinski definition) is 4. The van der Waals surface area contributed by atoms with Gasteiger partial charge in [0.1, 0.15) is 5.69 Å². The van der Waals surface area contributed by atoms with Crippen LogP contribution in [0.1, 0.15) is 16.2 Å². The van der Waals surface area contributed by atoms with Crippen LogP contribution >= 0.6 is 0 Å². The Morgan fingerprint density at radius 3 is 2.50 bits per heavy atom. The third-order valence-electron chi connectivity index (χ3n) is 1.48. The first-order chi connectivity index (χ1) is 5.54. The molecule has 1 rings (SSSR count). The largest absolute Gasteiger partial charge is 0.476 e. The third kappa shape index (κ3) is 1.25. The summed E-state index contributed by atoms with van der Waals surface area (Å²) in [5, 5.41) is 12.1. The number of anilines is 1. The summed E-state index contributed by atoms with van der Waals surface area (Å²) in [5.41, 5.74) is 0.472. The molecule has 1 heterocycles. The van der Waals surface area contributed by atoms with Gasteiger partial charge < -0.3 is 14.5 Å². The highest BCUT2D eigenvalue weighted by molar-refractivity contribution is 5.92. The fraction of sp³-hybridized carbons (Fsp3) is 0.429. The summed E-state index contributed by atoms with van der Waals surface area (Å²) in [6, 6.07) is 0. The number of nitrogens with zero attached hydrogens (tertiary/aromatic N) is 2. The second kappa shape index (κ2) is 2.84. The molecule has 1 aromatic rings. The topological polar surface area (TPSA) is 66.6 Å². The second-order valence-electron chi connectivity index (χ2n) is 2.64. The molecule has 0 amide bonds. The number of rotatable bonds is 2. The van der Waals surface area contributed by atoms with E-state index in [1.807, 2.05) is 0 Å². The number of hydrogen-bond donors (Lipinski definition) is 1. The van der Waals surface area contributed by atoms with Gasteiger partial charge in [-0.15, -0.1) is 0 Å². The number of carboxylic acid groups (broad SMARTS) is 1. The van der Waals surface area contributed by atoms with Crippen LogP contribution in [0.2, 0.25) is 0 Å². The first-order valence-corrected chi connectivity index (χ1v) is 3.41. The van der Waals surface area contributed by atoms with Crippen molar-refractivity contribution >= 4 is 11.7 Å². The van der Waals surface area contributed by atoms with Gasteiger partial charge in [0.05, 0.1) is 0 Å². The summed E-state index contributed by atoms with van der Waals surface area (Å²) in [4.78, 5) is 12.3. The highest BCUT2D eigenvalue weighted by Gasteiger charge is 2.19. The maximum Gasteiger partial charge on any atom is 0.360 e. The van der Waals surface area contributed by atoms with E-state index in [1.54, 1.807) is 25.9 Å². The van der Waals surface area contributed by atoms with Gasteiger partial charge in [0, 0.05) is 14.1 Å². The lowest BCUT2D eigenvalue weighted by Crippen LogP contribution is -2.13. The highest BCUT2D eigenvalue weighted by Crippen LogP contribution is 2.22. The molecule has 0 aromatic carbocycles. The number of carbonyl (C=O) groups is 1. The summed E-state index contributed by atoms with van der Waals surface area (Å²) in [6.45, 7) is 1.68. The Kier molecular flexibility index (Phi) is 2.03. The Morgan fingerprint density at radius 2 is 2.17 bits per heavy atom. The molecule has 0 aliphatic carbocycles. The van der Waals surface area contributed by atoms with Gasteiger partial charge >= 0.3 is 5.97 Å². The molecule has 1 aromatic heterocycles. The molecule has 0 saturated carbocycles. The Labute approximate surface area is 69.6 Å². The lowest BCUT2D eigenvalue weighted by atomic mass is 10.3. The molecule has 0 fully saturated rings. The van der Waals surface area contributed by atoms with Crippen molar-refractivity contribution < 1.29 is 14.4 Å². The van der Waals surface area contributed by atoms with Gasteiger partial charge in [0.15, 0.2) is 5.76 Å². The molecular formula is C7H10N2O3. The van der Waals surface area contributed by atoms with E-state index in [9.17, 15) is 4.79 Å². The zero-order valence-electron chi connectivity index (χ0n) is 7.16. The minimum Gasteiger partial charge on any atom is -0.476 e.